The van der Waals surface area contributed by atoms with Gasteiger partial charge in [-0.05, 0) is 36.1 Å². The van der Waals surface area contributed by atoms with Gasteiger partial charge < -0.3 is 18.9 Å². The van der Waals surface area contributed by atoms with Crippen molar-refractivity contribution in [2.24, 2.45) is 0 Å². The van der Waals surface area contributed by atoms with E-state index in [0.717, 1.165) is 31.6 Å². The quantitative estimate of drug-likeness (QED) is 0.0908. The zero-order valence-electron chi connectivity index (χ0n) is 25.5. The largest absolute Gasteiger partial charge is 0.497 e. The van der Waals surface area contributed by atoms with Crippen LogP contribution >= 0.6 is 0 Å². The van der Waals surface area contributed by atoms with E-state index in [9.17, 15) is 0 Å². The predicted octanol–water partition coefficient (Wildman–Crippen LogP) is 9.83. The van der Waals surface area contributed by atoms with E-state index in [1.165, 1.54) is 94.6 Å². The molecule has 0 aromatic heterocycles. The van der Waals surface area contributed by atoms with Crippen molar-refractivity contribution >= 4 is 0 Å². The summed E-state index contributed by atoms with van der Waals surface area (Å²) in [6.07, 6.45) is 21.6. The fourth-order valence-electron chi connectivity index (χ4n) is 5.41. The molecule has 3 rings (SSSR count). The molecule has 4 nitrogen and oxygen atoms in total. The summed E-state index contributed by atoms with van der Waals surface area (Å²) < 4.78 is 23.8. The summed E-state index contributed by atoms with van der Waals surface area (Å²) in [5, 5.41) is 0. The molecule has 40 heavy (non-hydrogen) atoms. The maximum atomic E-state index is 6.51. The third-order valence-electron chi connectivity index (χ3n) is 8.06. The van der Waals surface area contributed by atoms with Gasteiger partial charge in [0.15, 0.2) is 0 Å². The summed E-state index contributed by atoms with van der Waals surface area (Å²) in [6, 6.07) is 18.7. The molecule has 0 spiro atoms. The van der Waals surface area contributed by atoms with Crippen molar-refractivity contribution in [2.75, 3.05) is 13.7 Å². The first-order valence-corrected chi connectivity index (χ1v) is 16.3. The van der Waals surface area contributed by atoms with E-state index in [4.69, 9.17) is 18.9 Å². The SMILES string of the molecule is CCCCCCCCCCCCCCC[C@H](C[C@@H](C[C@H]1CO1)OCc1ccc(OC)cc1)OCc1ccccc1. The average Bonchev–Trinajstić information content (AvgIpc) is 3.81. The van der Waals surface area contributed by atoms with Crippen LogP contribution in [0.4, 0.5) is 0 Å². The molecule has 2 aromatic carbocycles. The highest BCUT2D eigenvalue weighted by molar-refractivity contribution is 5.26. The topological polar surface area (TPSA) is 40.2 Å². The molecular formula is C36H56O4. The van der Waals surface area contributed by atoms with Gasteiger partial charge >= 0.3 is 0 Å². The van der Waals surface area contributed by atoms with Crippen LogP contribution in [0.5, 0.6) is 5.75 Å². The van der Waals surface area contributed by atoms with Crippen LogP contribution in [0.25, 0.3) is 0 Å². The number of hydrogen-bond acceptors (Lipinski definition) is 4. The number of rotatable bonds is 25. The molecule has 224 valence electrons. The maximum Gasteiger partial charge on any atom is 0.118 e. The Morgan fingerprint density at radius 3 is 1.75 bits per heavy atom. The van der Waals surface area contributed by atoms with Gasteiger partial charge in [-0.1, -0.05) is 133 Å². The molecule has 0 radical (unpaired) electrons. The van der Waals surface area contributed by atoms with E-state index in [0.29, 0.717) is 19.3 Å². The van der Waals surface area contributed by atoms with Gasteiger partial charge in [0, 0.05) is 6.42 Å². The van der Waals surface area contributed by atoms with E-state index >= 15 is 0 Å². The molecule has 0 aliphatic carbocycles. The molecule has 1 fully saturated rings. The third kappa shape index (κ3) is 15.2. The molecule has 2 aromatic rings. The van der Waals surface area contributed by atoms with Gasteiger partial charge in [-0.15, -0.1) is 0 Å². The van der Waals surface area contributed by atoms with Gasteiger partial charge in [0.1, 0.15) is 5.75 Å². The summed E-state index contributed by atoms with van der Waals surface area (Å²) in [5.74, 6) is 0.874. The fourth-order valence-corrected chi connectivity index (χ4v) is 5.41. The number of epoxide rings is 1. The van der Waals surface area contributed by atoms with E-state index in [1.807, 2.05) is 12.1 Å². The van der Waals surface area contributed by atoms with E-state index in [2.05, 4.69) is 49.4 Å². The Kier molecular flexibility index (Phi) is 17.1. The lowest BCUT2D eigenvalue weighted by Gasteiger charge is -2.24. The molecular weight excluding hydrogens is 496 g/mol. The Balaban J connectivity index is 1.38. The van der Waals surface area contributed by atoms with Gasteiger partial charge in [0.25, 0.3) is 0 Å². The normalized spacial score (nSPS) is 16.1. The molecule has 0 amide bonds. The van der Waals surface area contributed by atoms with E-state index in [1.54, 1.807) is 7.11 Å². The van der Waals surface area contributed by atoms with Crippen molar-refractivity contribution in [1.29, 1.82) is 0 Å². The van der Waals surface area contributed by atoms with Crippen molar-refractivity contribution in [2.45, 2.75) is 141 Å². The summed E-state index contributed by atoms with van der Waals surface area (Å²) in [4.78, 5) is 0. The second-order valence-corrected chi connectivity index (χ2v) is 11.7. The minimum Gasteiger partial charge on any atom is -0.497 e. The minimum atomic E-state index is 0.136. The number of ether oxygens (including phenoxy) is 4. The second-order valence-electron chi connectivity index (χ2n) is 11.7. The van der Waals surface area contributed by atoms with Crippen LogP contribution < -0.4 is 4.74 Å². The highest BCUT2D eigenvalue weighted by Gasteiger charge is 2.29. The molecule has 0 saturated carbocycles. The van der Waals surface area contributed by atoms with Crippen LogP contribution in [0.3, 0.4) is 0 Å². The number of benzene rings is 2. The van der Waals surface area contributed by atoms with Crippen LogP contribution in [0.2, 0.25) is 0 Å². The van der Waals surface area contributed by atoms with Crippen LogP contribution in [-0.4, -0.2) is 32.0 Å². The number of unbranched alkanes of at least 4 members (excludes halogenated alkanes) is 12. The molecule has 0 N–H and O–H groups in total. The molecule has 1 aliphatic heterocycles. The van der Waals surface area contributed by atoms with Gasteiger partial charge in [-0.25, -0.2) is 0 Å². The summed E-state index contributed by atoms with van der Waals surface area (Å²) in [7, 11) is 1.70. The Hall–Kier alpha value is -1.88. The fraction of sp³-hybridized carbons (Fsp3) is 0.667. The summed E-state index contributed by atoms with van der Waals surface area (Å²) >= 11 is 0. The Labute approximate surface area is 245 Å². The van der Waals surface area contributed by atoms with Crippen LogP contribution in [0, 0.1) is 0 Å². The minimum absolute atomic E-state index is 0.136. The summed E-state index contributed by atoms with van der Waals surface area (Å²) in [5.41, 5.74) is 2.40. The van der Waals surface area contributed by atoms with Crippen molar-refractivity contribution in [3.8, 4) is 5.75 Å². The third-order valence-corrected chi connectivity index (χ3v) is 8.06. The molecule has 0 bridgehead atoms. The zero-order chi connectivity index (χ0) is 28.1. The smallest absolute Gasteiger partial charge is 0.118 e. The predicted molar refractivity (Wildman–Crippen MR) is 166 cm³/mol. The summed E-state index contributed by atoms with van der Waals surface area (Å²) in [6.45, 7) is 4.41. The lowest BCUT2D eigenvalue weighted by atomic mass is 10.00. The lowest BCUT2D eigenvalue weighted by molar-refractivity contribution is -0.0378. The van der Waals surface area contributed by atoms with Crippen molar-refractivity contribution in [3.63, 3.8) is 0 Å². The van der Waals surface area contributed by atoms with Gasteiger partial charge in [0.05, 0.1) is 45.2 Å². The lowest BCUT2D eigenvalue weighted by Crippen LogP contribution is -2.25. The molecule has 1 heterocycles. The Bertz CT molecular complexity index is 849. The van der Waals surface area contributed by atoms with Gasteiger partial charge in [0.2, 0.25) is 0 Å². The Morgan fingerprint density at radius 1 is 0.675 bits per heavy atom. The van der Waals surface area contributed by atoms with Crippen molar-refractivity contribution < 1.29 is 18.9 Å². The molecule has 1 saturated heterocycles. The van der Waals surface area contributed by atoms with Gasteiger partial charge in [-0.2, -0.15) is 0 Å². The number of hydrogen-bond donors (Lipinski definition) is 0. The van der Waals surface area contributed by atoms with Gasteiger partial charge in [-0.3, -0.25) is 0 Å². The van der Waals surface area contributed by atoms with Crippen molar-refractivity contribution in [1.82, 2.24) is 0 Å². The number of methoxy groups -OCH3 is 1. The maximum absolute atomic E-state index is 6.51. The second kappa shape index (κ2) is 20.9. The van der Waals surface area contributed by atoms with Crippen LogP contribution in [0.15, 0.2) is 54.6 Å². The molecule has 0 unspecified atom stereocenters. The monoisotopic (exact) mass is 552 g/mol. The highest BCUT2D eigenvalue weighted by atomic mass is 16.6. The van der Waals surface area contributed by atoms with Crippen LogP contribution in [-0.2, 0) is 27.4 Å². The molecule has 4 heteroatoms. The highest BCUT2D eigenvalue weighted by Crippen LogP contribution is 2.25. The van der Waals surface area contributed by atoms with Crippen LogP contribution in [0.1, 0.15) is 121 Å². The van der Waals surface area contributed by atoms with E-state index in [-0.39, 0.29) is 12.2 Å². The molecule has 1 aliphatic rings. The first-order chi connectivity index (χ1) is 19.8. The standard InChI is InChI=1S/C36H56O4/c1-3-4-5-6-7-8-9-10-11-12-13-14-18-21-34(38-28-31-19-16-15-17-20-31)26-35(27-36-30-40-36)39-29-32-22-24-33(37-2)25-23-32/h15-17,19-20,22-25,34-36H,3-14,18,21,26-30H2,1-2H3/t34-,35+,36+/m1/s1. The Morgan fingerprint density at radius 2 is 1.20 bits per heavy atom. The first-order valence-electron chi connectivity index (χ1n) is 16.3. The molecule has 3 atom stereocenters. The first kappa shape index (κ1) is 32.6. The average molecular weight is 553 g/mol. The zero-order valence-corrected chi connectivity index (χ0v) is 25.5. The van der Waals surface area contributed by atoms with E-state index < -0.39 is 0 Å². The van der Waals surface area contributed by atoms with Crippen molar-refractivity contribution in [3.05, 3.63) is 65.7 Å².